The van der Waals surface area contributed by atoms with E-state index in [1.807, 2.05) is 20.8 Å². The number of rotatable bonds is 7. The van der Waals surface area contributed by atoms with Gasteiger partial charge in [-0.15, -0.1) is 0 Å². The highest BCUT2D eigenvalue weighted by molar-refractivity contribution is 5.75. The lowest BCUT2D eigenvalue weighted by molar-refractivity contribution is -0.136. The van der Waals surface area contributed by atoms with Gasteiger partial charge in [0, 0.05) is 25.7 Å². The van der Waals surface area contributed by atoms with Crippen molar-refractivity contribution in [1.29, 1.82) is 0 Å². The molecule has 0 saturated carbocycles. The van der Waals surface area contributed by atoms with E-state index in [1.165, 1.54) is 16.8 Å². The van der Waals surface area contributed by atoms with E-state index in [2.05, 4.69) is 31.1 Å². The lowest BCUT2D eigenvalue weighted by Gasteiger charge is -2.33. The van der Waals surface area contributed by atoms with Crippen LogP contribution in [0, 0.1) is 5.41 Å². The molecule has 1 aliphatic heterocycles. The molecule has 1 saturated heterocycles. The number of amides is 1. The van der Waals surface area contributed by atoms with Gasteiger partial charge in [-0.1, -0.05) is 20.8 Å². The van der Waals surface area contributed by atoms with Crippen LogP contribution in [0.1, 0.15) is 60.6 Å². The fraction of sp³-hybridized carbons (Fsp3) is 0.762. The number of aromatic amines is 1. The molecule has 1 unspecified atom stereocenters. The molecule has 1 aliphatic rings. The second-order valence-electron chi connectivity index (χ2n) is 9.80. The summed E-state index contributed by atoms with van der Waals surface area (Å²) in [7, 11) is 1.56. The summed E-state index contributed by atoms with van der Waals surface area (Å²) in [6.45, 7) is 12.3. The number of nitrogens with one attached hydrogen (secondary N) is 2. The summed E-state index contributed by atoms with van der Waals surface area (Å²) in [6.07, 6.45) is 0.0258. The monoisotopic (exact) mass is 425 g/mol. The molecule has 1 aromatic rings. The van der Waals surface area contributed by atoms with E-state index in [1.54, 1.807) is 7.05 Å². The molecule has 30 heavy (non-hydrogen) atoms. The number of hydrogen-bond donors (Lipinski definition) is 2. The van der Waals surface area contributed by atoms with E-state index < -0.39 is 35.3 Å². The van der Waals surface area contributed by atoms with Crippen LogP contribution in [0.5, 0.6) is 0 Å². The van der Waals surface area contributed by atoms with Gasteiger partial charge >= 0.3 is 5.69 Å². The van der Waals surface area contributed by atoms with Gasteiger partial charge in [0.2, 0.25) is 5.91 Å². The van der Waals surface area contributed by atoms with Crippen molar-refractivity contribution in [2.24, 2.45) is 5.41 Å². The van der Waals surface area contributed by atoms with Gasteiger partial charge in [0.25, 0.3) is 5.56 Å². The topological polar surface area (TPSA) is 112 Å². The highest BCUT2D eigenvalue weighted by Gasteiger charge is 2.49. The Hall–Kier alpha value is -1.97. The largest absolute Gasteiger partial charge is 0.370 e. The van der Waals surface area contributed by atoms with Crippen molar-refractivity contribution in [2.75, 3.05) is 13.7 Å². The molecule has 2 N–H and O–H groups in total. The Morgan fingerprint density at radius 3 is 2.40 bits per heavy atom. The van der Waals surface area contributed by atoms with Gasteiger partial charge in [-0.3, -0.25) is 19.1 Å². The first kappa shape index (κ1) is 24.3. The summed E-state index contributed by atoms with van der Waals surface area (Å²) >= 11 is 0. The van der Waals surface area contributed by atoms with E-state index in [4.69, 9.17) is 14.2 Å². The van der Waals surface area contributed by atoms with Gasteiger partial charge in [0.1, 0.15) is 12.2 Å². The second-order valence-corrected chi connectivity index (χ2v) is 9.80. The van der Waals surface area contributed by atoms with Crippen LogP contribution >= 0.6 is 0 Å². The van der Waals surface area contributed by atoms with Crippen molar-refractivity contribution in [3.63, 3.8) is 0 Å². The average molecular weight is 426 g/mol. The van der Waals surface area contributed by atoms with E-state index >= 15 is 0 Å². The van der Waals surface area contributed by atoms with E-state index in [0.29, 0.717) is 6.42 Å². The van der Waals surface area contributed by atoms with E-state index in [0.717, 1.165) is 0 Å². The standard InChI is InChI=1S/C21H35N3O6/c1-20(2,3)12-13-16(30-21(4,5)6)17(28-11-9-14(25)22-7)18(29-13)24-10-8-15(26)23-19(24)27/h8,10,13,16-18H,9,11-12H2,1-7H3,(H,22,25)(H,23,26,27)/t13-,16?,17+,18-/m1/s1. The van der Waals surface area contributed by atoms with Gasteiger partial charge < -0.3 is 19.5 Å². The van der Waals surface area contributed by atoms with Crippen LogP contribution in [0.2, 0.25) is 0 Å². The van der Waals surface area contributed by atoms with E-state index in [9.17, 15) is 14.4 Å². The fourth-order valence-electron chi connectivity index (χ4n) is 3.47. The normalized spacial score (nSPS) is 24.8. The molecule has 1 aromatic heterocycles. The zero-order valence-corrected chi connectivity index (χ0v) is 19.0. The lowest BCUT2D eigenvalue weighted by Crippen LogP contribution is -2.44. The summed E-state index contributed by atoms with van der Waals surface area (Å²) in [5, 5.41) is 2.56. The zero-order valence-electron chi connectivity index (χ0n) is 19.0. The summed E-state index contributed by atoms with van der Waals surface area (Å²) < 4.78 is 20.0. The second kappa shape index (κ2) is 9.45. The molecular weight excluding hydrogens is 390 g/mol. The molecule has 9 nitrogen and oxygen atoms in total. The SMILES string of the molecule is CNC(=O)CCO[C@H]1C(OC(C)(C)C)[C@@H](CC(C)(C)C)O[C@H]1n1ccc(=O)[nH]c1=O. The first-order chi connectivity index (χ1) is 13.8. The molecule has 0 spiro atoms. The first-order valence-corrected chi connectivity index (χ1v) is 10.3. The molecule has 2 rings (SSSR count). The maximum atomic E-state index is 12.5. The van der Waals surface area contributed by atoms with Crippen molar-refractivity contribution in [3.05, 3.63) is 33.1 Å². The minimum atomic E-state index is -0.793. The van der Waals surface area contributed by atoms with Crippen LogP contribution in [-0.2, 0) is 19.0 Å². The molecule has 0 aliphatic carbocycles. The Kier molecular flexibility index (Phi) is 7.65. The number of nitrogens with zero attached hydrogens (tertiary/aromatic N) is 1. The van der Waals surface area contributed by atoms with Gasteiger partial charge in [0.15, 0.2) is 6.23 Å². The third-order valence-electron chi connectivity index (χ3n) is 4.63. The summed E-state index contributed by atoms with van der Waals surface area (Å²) in [5.41, 5.74) is -1.60. The predicted molar refractivity (Wildman–Crippen MR) is 112 cm³/mol. The Bertz CT molecular complexity index is 833. The Morgan fingerprint density at radius 1 is 1.20 bits per heavy atom. The van der Waals surface area contributed by atoms with Crippen molar-refractivity contribution in [3.8, 4) is 0 Å². The zero-order chi connectivity index (χ0) is 22.7. The highest BCUT2D eigenvalue weighted by atomic mass is 16.6. The lowest BCUT2D eigenvalue weighted by atomic mass is 9.87. The van der Waals surface area contributed by atoms with Gasteiger partial charge in [-0.25, -0.2) is 4.79 Å². The van der Waals surface area contributed by atoms with Crippen LogP contribution in [-0.4, -0.2) is 53.0 Å². The van der Waals surface area contributed by atoms with Crippen molar-refractivity contribution >= 4 is 5.91 Å². The van der Waals surface area contributed by atoms with Crippen molar-refractivity contribution < 1.29 is 19.0 Å². The predicted octanol–water partition coefficient (Wildman–Crippen LogP) is 1.58. The average Bonchev–Trinajstić information content (AvgIpc) is 2.89. The third kappa shape index (κ3) is 6.78. The van der Waals surface area contributed by atoms with Gasteiger partial charge in [-0.05, 0) is 32.6 Å². The molecule has 0 radical (unpaired) electrons. The van der Waals surface area contributed by atoms with Crippen LogP contribution in [0.25, 0.3) is 0 Å². The van der Waals surface area contributed by atoms with Crippen LogP contribution in [0.3, 0.4) is 0 Å². The van der Waals surface area contributed by atoms with Crippen LogP contribution < -0.4 is 16.6 Å². The Labute approximate surface area is 177 Å². The van der Waals surface area contributed by atoms with E-state index in [-0.39, 0.29) is 30.5 Å². The summed E-state index contributed by atoms with van der Waals surface area (Å²) in [6, 6.07) is 1.27. The fourth-order valence-corrected chi connectivity index (χ4v) is 3.47. The maximum Gasteiger partial charge on any atom is 0.330 e. The molecule has 1 fully saturated rings. The number of carbonyl (C=O) groups is 1. The minimum absolute atomic E-state index is 0.0539. The quantitative estimate of drug-likeness (QED) is 0.686. The molecule has 0 bridgehead atoms. The van der Waals surface area contributed by atoms with Crippen molar-refractivity contribution in [2.45, 2.75) is 84.5 Å². The molecule has 1 amide bonds. The number of aromatic nitrogens is 2. The summed E-state index contributed by atoms with van der Waals surface area (Å²) in [4.78, 5) is 37.9. The first-order valence-electron chi connectivity index (χ1n) is 10.3. The molecule has 9 heteroatoms. The van der Waals surface area contributed by atoms with Gasteiger partial charge in [-0.2, -0.15) is 0 Å². The third-order valence-corrected chi connectivity index (χ3v) is 4.63. The van der Waals surface area contributed by atoms with Gasteiger partial charge in [0.05, 0.1) is 18.3 Å². The van der Waals surface area contributed by atoms with Crippen LogP contribution in [0.4, 0.5) is 0 Å². The maximum absolute atomic E-state index is 12.5. The van der Waals surface area contributed by atoms with Crippen molar-refractivity contribution in [1.82, 2.24) is 14.9 Å². The smallest absolute Gasteiger partial charge is 0.330 e. The molecule has 170 valence electrons. The number of hydrogen-bond acceptors (Lipinski definition) is 6. The molecule has 2 heterocycles. The highest BCUT2D eigenvalue weighted by Crippen LogP contribution is 2.39. The Morgan fingerprint density at radius 2 is 1.87 bits per heavy atom. The molecule has 0 aromatic carbocycles. The number of H-pyrrole nitrogens is 1. The summed E-state index contributed by atoms with van der Waals surface area (Å²) in [5.74, 6) is -0.147. The minimum Gasteiger partial charge on any atom is -0.370 e. The number of ether oxygens (including phenoxy) is 3. The number of carbonyl (C=O) groups excluding carboxylic acids is 1. The molecule has 4 atom stereocenters. The Balaban J connectivity index is 2.41. The molecular formula is C21H35N3O6. The van der Waals surface area contributed by atoms with Crippen LogP contribution in [0.15, 0.2) is 21.9 Å².